The van der Waals surface area contributed by atoms with Gasteiger partial charge in [0.15, 0.2) is 0 Å². The van der Waals surface area contributed by atoms with Crippen molar-refractivity contribution < 1.29 is 22.0 Å². The summed E-state index contributed by atoms with van der Waals surface area (Å²) in [6.07, 6.45) is -6.77. The Morgan fingerprint density at radius 2 is 1.87 bits per heavy atom. The van der Waals surface area contributed by atoms with Crippen molar-refractivity contribution in [1.82, 2.24) is 4.98 Å². The zero-order valence-electron chi connectivity index (χ0n) is 7.35. The van der Waals surface area contributed by atoms with Crippen molar-refractivity contribution in [3.05, 3.63) is 29.1 Å². The highest BCUT2D eigenvalue weighted by Crippen LogP contribution is 2.37. The molecule has 0 radical (unpaired) electrons. The summed E-state index contributed by atoms with van der Waals surface area (Å²) in [5, 5.41) is 0. The molecule has 0 atom stereocenters. The summed E-state index contributed by atoms with van der Waals surface area (Å²) in [6.45, 7) is -0.406. The van der Waals surface area contributed by atoms with E-state index in [0.29, 0.717) is 6.20 Å². The van der Waals surface area contributed by atoms with Crippen molar-refractivity contribution >= 4 is 0 Å². The van der Waals surface area contributed by atoms with Gasteiger partial charge in [-0.25, -0.2) is 8.78 Å². The predicted molar refractivity (Wildman–Crippen MR) is 42.1 cm³/mol. The van der Waals surface area contributed by atoms with Crippen LogP contribution >= 0.6 is 0 Å². The van der Waals surface area contributed by atoms with E-state index in [1.807, 2.05) is 0 Å². The van der Waals surface area contributed by atoms with Crippen LogP contribution in [0.25, 0.3) is 0 Å². The summed E-state index contributed by atoms with van der Waals surface area (Å²) in [5.74, 6) is 0. The lowest BCUT2D eigenvalue weighted by molar-refractivity contribution is -0.139. The van der Waals surface area contributed by atoms with E-state index in [9.17, 15) is 22.0 Å². The molecule has 1 aromatic rings. The molecule has 0 amide bonds. The molecule has 84 valence electrons. The Bertz CT molecular complexity index is 347. The highest BCUT2D eigenvalue weighted by atomic mass is 19.4. The maximum atomic E-state index is 12.4. The molecular formula is C8H7F5N2. The second kappa shape index (κ2) is 4.09. The fourth-order valence-corrected chi connectivity index (χ4v) is 1.16. The largest absolute Gasteiger partial charge is 0.418 e. The summed E-state index contributed by atoms with van der Waals surface area (Å²) < 4.78 is 61.8. The van der Waals surface area contributed by atoms with Gasteiger partial charge in [-0.05, 0) is 5.56 Å². The third-order valence-electron chi connectivity index (χ3n) is 1.81. The van der Waals surface area contributed by atoms with E-state index in [2.05, 4.69) is 4.98 Å². The molecule has 2 N–H and O–H groups in total. The Kier molecular flexibility index (Phi) is 3.23. The standard InChI is InChI=1S/C8H7F5N2/c9-7(10)6-4(1-14)2-15-3-5(6)8(11,12)13/h2-3,7H,1,14H2. The van der Waals surface area contributed by atoms with Crippen LogP contribution in [-0.2, 0) is 12.7 Å². The van der Waals surface area contributed by atoms with Gasteiger partial charge in [0, 0.05) is 24.5 Å². The highest BCUT2D eigenvalue weighted by molar-refractivity contribution is 5.34. The van der Waals surface area contributed by atoms with Crippen molar-refractivity contribution in [2.75, 3.05) is 0 Å². The molecule has 0 aliphatic carbocycles. The number of hydrogen-bond acceptors (Lipinski definition) is 2. The van der Waals surface area contributed by atoms with Crippen LogP contribution in [0.5, 0.6) is 0 Å². The first kappa shape index (κ1) is 11.8. The third kappa shape index (κ3) is 2.41. The lowest BCUT2D eigenvalue weighted by Gasteiger charge is -2.14. The number of rotatable bonds is 2. The first-order valence-corrected chi connectivity index (χ1v) is 3.90. The number of nitrogens with zero attached hydrogens (tertiary/aromatic N) is 1. The Labute approximate surface area is 81.9 Å². The molecule has 2 nitrogen and oxygen atoms in total. The van der Waals surface area contributed by atoms with Crippen LogP contribution in [0.2, 0.25) is 0 Å². The molecule has 0 unspecified atom stereocenters. The summed E-state index contributed by atoms with van der Waals surface area (Å²) in [4.78, 5) is 3.23. The predicted octanol–water partition coefficient (Wildman–Crippen LogP) is 2.50. The van der Waals surface area contributed by atoms with Gasteiger partial charge < -0.3 is 5.73 Å². The van der Waals surface area contributed by atoms with Gasteiger partial charge in [0.25, 0.3) is 6.43 Å². The normalized spacial score (nSPS) is 12.2. The average molecular weight is 226 g/mol. The van der Waals surface area contributed by atoms with Gasteiger partial charge in [-0.3, -0.25) is 4.98 Å². The van der Waals surface area contributed by atoms with Crippen LogP contribution < -0.4 is 5.73 Å². The Hall–Kier alpha value is -1.24. The van der Waals surface area contributed by atoms with E-state index >= 15 is 0 Å². The number of hydrogen-bond donors (Lipinski definition) is 1. The van der Waals surface area contributed by atoms with E-state index in [4.69, 9.17) is 5.73 Å². The zero-order chi connectivity index (χ0) is 11.6. The van der Waals surface area contributed by atoms with Crippen LogP contribution in [0.4, 0.5) is 22.0 Å². The number of nitrogens with two attached hydrogens (primary N) is 1. The number of aromatic nitrogens is 1. The monoisotopic (exact) mass is 226 g/mol. The first-order valence-electron chi connectivity index (χ1n) is 3.90. The van der Waals surface area contributed by atoms with E-state index < -0.39 is 30.3 Å². The smallest absolute Gasteiger partial charge is 0.326 e. The fourth-order valence-electron chi connectivity index (χ4n) is 1.16. The van der Waals surface area contributed by atoms with E-state index in [-0.39, 0.29) is 5.56 Å². The minimum atomic E-state index is -4.84. The molecule has 15 heavy (non-hydrogen) atoms. The third-order valence-corrected chi connectivity index (χ3v) is 1.81. The van der Waals surface area contributed by atoms with Gasteiger partial charge in [0.05, 0.1) is 5.56 Å². The van der Waals surface area contributed by atoms with Crippen molar-refractivity contribution in [1.29, 1.82) is 0 Å². The molecule has 0 aliphatic heterocycles. The van der Waals surface area contributed by atoms with Crippen molar-refractivity contribution in [2.24, 2.45) is 5.73 Å². The van der Waals surface area contributed by atoms with Gasteiger partial charge in [-0.15, -0.1) is 0 Å². The maximum Gasteiger partial charge on any atom is 0.418 e. The average Bonchev–Trinajstić information content (AvgIpc) is 2.15. The maximum absolute atomic E-state index is 12.4. The first-order chi connectivity index (χ1) is 6.88. The summed E-state index contributed by atoms with van der Waals surface area (Å²) in [6, 6.07) is 0. The molecular weight excluding hydrogens is 219 g/mol. The molecule has 0 saturated heterocycles. The van der Waals surface area contributed by atoms with Gasteiger partial charge in [-0.1, -0.05) is 0 Å². The van der Waals surface area contributed by atoms with E-state index in [1.165, 1.54) is 0 Å². The van der Waals surface area contributed by atoms with Crippen molar-refractivity contribution in [3.63, 3.8) is 0 Å². The minimum absolute atomic E-state index is 0.292. The van der Waals surface area contributed by atoms with E-state index in [0.717, 1.165) is 6.20 Å². The van der Waals surface area contributed by atoms with Crippen LogP contribution in [0.15, 0.2) is 12.4 Å². The molecule has 1 heterocycles. The molecule has 0 aliphatic rings. The number of pyridine rings is 1. The van der Waals surface area contributed by atoms with Gasteiger partial charge >= 0.3 is 6.18 Å². The SMILES string of the molecule is NCc1cncc(C(F)(F)F)c1C(F)F. The second-order valence-electron chi connectivity index (χ2n) is 2.76. The number of halogens is 5. The van der Waals surface area contributed by atoms with Crippen LogP contribution in [0, 0.1) is 0 Å². The molecule has 0 fully saturated rings. The fraction of sp³-hybridized carbons (Fsp3) is 0.375. The molecule has 0 saturated carbocycles. The molecule has 0 bridgehead atoms. The Morgan fingerprint density at radius 3 is 2.27 bits per heavy atom. The van der Waals surface area contributed by atoms with Gasteiger partial charge in [0.1, 0.15) is 0 Å². The molecule has 7 heteroatoms. The molecule has 0 aromatic carbocycles. The Balaban J connectivity index is 3.39. The van der Waals surface area contributed by atoms with Crippen LogP contribution in [-0.4, -0.2) is 4.98 Å². The van der Waals surface area contributed by atoms with E-state index in [1.54, 1.807) is 0 Å². The van der Waals surface area contributed by atoms with Gasteiger partial charge in [0.2, 0.25) is 0 Å². The summed E-state index contributed by atoms with van der Waals surface area (Å²) in [7, 11) is 0. The van der Waals surface area contributed by atoms with Crippen molar-refractivity contribution in [3.8, 4) is 0 Å². The lowest BCUT2D eigenvalue weighted by Crippen LogP contribution is -2.14. The van der Waals surface area contributed by atoms with Crippen LogP contribution in [0.1, 0.15) is 23.1 Å². The van der Waals surface area contributed by atoms with Crippen molar-refractivity contribution in [2.45, 2.75) is 19.1 Å². The summed E-state index contributed by atoms with van der Waals surface area (Å²) in [5.41, 5.74) is 2.25. The number of alkyl halides is 5. The topological polar surface area (TPSA) is 38.9 Å². The zero-order valence-corrected chi connectivity index (χ0v) is 7.35. The second-order valence-corrected chi connectivity index (χ2v) is 2.76. The lowest BCUT2D eigenvalue weighted by atomic mass is 10.0. The molecule has 1 rings (SSSR count). The highest BCUT2D eigenvalue weighted by Gasteiger charge is 2.37. The molecule has 0 spiro atoms. The minimum Gasteiger partial charge on any atom is -0.326 e. The Morgan fingerprint density at radius 1 is 1.27 bits per heavy atom. The molecule has 1 aromatic heterocycles. The van der Waals surface area contributed by atoms with Crippen LogP contribution in [0.3, 0.4) is 0 Å². The summed E-state index contributed by atoms with van der Waals surface area (Å²) >= 11 is 0. The quantitative estimate of drug-likeness (QED) is 0.787. The van der Waals surface area contributed by atoms with Gasteiger partial charge in [-0.2, -0.15) is 13.2 Å².